The third-order valence-corrected chi connectivity index (χ3v) is 4.43. The summed E-state index contributed by atoms with van der Waals surface area (Å²) >= 11 is 1.25. The molecule has 1 aliphatic heterocycles. The van der Waals surface area contributed by atoms with Crippen molar-refractivity contribution in [1.82, 2.24) is 10.3 Å². The highest BCUT2D eigenvalue weighted by molar-refractivity contribution is 7.14. The van der Waals surface area contributed by atoms with E-state index in [1.54, 1.807) is 17.5 Å². The Morgan fingerprint density at radius 3 is 2.88 bits per heavy atom. The molecule has 1 atom stereocenters. The molecule has 0 spiro atoms. The highest BCUT2D eigenvalue weighted by atomic mass is 32.1. The number of thiazole rings is 1. The summed E-state index contributed by atoms with van der Waals surface area (Å²) < 4.78 is 14.2. The minimum absolute atomic E-state index is 0.116. The van der Waals surface area contributed by atoms with Crippen LogP contribution in [0.2, 0.25) is 0 Å². The summed E-state index contributed by atoms with van der Waals surface area (Å²) in [6, 6.07) is 4.22. The topological polar surface area (TPSA) is 83.1 Å². The van der Waals surface area contributed by atoms with Gasteiger partial charge < -0.3 is 16.0 Å². The van der Waals surface area contributed by atoms with Crippen LogP contribution in [0.3, 0.4) is 0 Å². The van der Waals surface area contributed by atoms with Gasteiger partial charge in [-0.2, -0.15) is 0 Å². The van der Waals surface area contributed by atoms with E-state index in [1.807, 2.05) is 0 Å². The number of carbonyl (C=O) groups is 2. The summed E-state index contributed by atoms with van der Waals surface area (Å²) in [5.74, 6) is -0.863. The van der Waals surface area contributed by atoms with Gasteiger partial charge in [0, 0.05) is 23.6 Å². The average Bonchev–Trinajstić information content (AvgIpc) is 3.18. The SMILES string of the molecule is CC(=O)Nc1ccc(-c2csc(NC(=O)C3CCCN3)n2)c(F)c1. The van der Waals surface area contributed by atoms with Gasteiger partial charge in [0.15, 0.2) is 5.13 Å². The van der Waals surface area contributed by atoms with Crippen molar-refractivity contribution < 1.29 is 14.0 Å². The van der Waals surface area contributed by atoms with E-state index in [0.29, 0.717) is 22.1 Å². The summed E-state index contributed by atoms with van der Waals surface area (Å²) in [4.78, 5) is 27.3. The Hall–Kier alpha value is -2.32. The molecule has 2 aromatic rings. The zero-order chi connectivity index (χ0) is 17.1. The van der Waals surface area contributed by atoms with E-state index in [0.717, 1.165) is 19.4 Å². The van der Waals surface area contributed by atoms with Crippen LogP contribution in [0, 0.1) is 5.82 Å². The minimum atomic E-state index is -0.484. The van der Waals surface area contributed by atoms with Gasteiger partial charge in [-0.25, -0.2) is 9.37 Å². The Labute approximate surface area is 142 Å². The highest BCUT2D eigenvalue weighted by Gasteiger charge is 2.23. The molecule has 126 valence electrons. The number of nitrogens with one attached hydrogen (secondary N) is 3. The monoisotopic (exact) mass is 348 g/mol. The van der Waals surface area contributed by atoms with Crippen LogP contribution in [0.1, 0.15) is 19.8 Å². The van der Waals surface area contributed by atoms with Gasteiger partial charge in [0.25, 0.3) is 0 Å². The van der Waals surface area contributed by atoms with E-state index in [-0.39, 0.29) is 17.9 Å². The molecule has 6 nitrogen and oxygen atoms in total. The normalized spacial score (nSPS) is 16.8. The van der Waals surface area contributed by atoms with Gasteiger partial charge in [-0.05, 0) is 37.6 Å². The Kier molecular flexibility index (Phi) is 4.86. The van der Waals surface area contributed by atoms with Crippen molar-refractivity contribution in [2.24, 2.45) is 0 Å². The zero-order valence-corrected chi connectivity index (χ0v) is 13.9. The molecule has 0 radical (unpaired) electrons. The first-order valence-electron chi connectivity index (χ1n) is 7.60. The molecular formula is C16H17FN4O2S. The van der Waals surface area contributed by atoms with E-state index in [4.69, 9.17) is 0 Å². The summed E-state index contributed by atoms with van der Waals surface area (Å²) in [6.45, 7) is 2.20. The molecule has 2 amide bonds. The predicted molar refractivity (Wildman–Crippen MR) is 91.5 cm³/mol. The number of hydrogen-bond donors (Lipinski definition) is 3. The fourth-order valence-corrected chi connectivity index (χ4v) is 3.27. The van der Waals surface area contributed by atoms with Gasteiger partial charge >= 0.3 is 0 Å². The van der Waals surface area contributed by atoms with Crippen molar-refractivity contribution in [2.75, 3.05) is 17.2 Å². The Morgan fingerprint density at radius 1 is 1.38 bits per heavy atom. The standard InChI is InChI=1S/C16H17FN4O2S/c1-9(22)19-10-4-5-11(12(17)7-10)14-8-24-16(20-14)21-15(23)13-3-2-6-18-13/h4-5,7-8,13,18H,2-3,6H2,1H3,(H,19,22)(H,20,21,23). The molecule has 0 aliphatic carbocycles. The second-order valence-corrected chi connectivity index (χ2v) is 6.41. The molecular weight excluding hydrogens is 331 g/mol. The predicted octanol–water partition coefficient (Wildman–Crippen LogP) is 2.60. The minimum Gasteiger partial charge on any atom is -0.326 e. The van der Waals surface area contributed by atoms with Gasteiger partial charge in [-0.3, -0.25) is 9.59 Å². The fraction of sp³-hybridized carbons (Fsp3) is 0.312. The fourth-order valence-electron chi connectivity index (χ4n) is 2.56. The molecule has 2 heterocycles. The molecule has 24 heavy (non-hydrogen) atoms. The maximum Gasteiger partial charge on any atom is 0.243 e. The first kappa shape index (κ1) is 16.5. The largest absolute Gasteiger partial charge is 0.326 e. The molecule has 1 aromatic carbocycles. The number of halogens is 1. The second-order valence-electron chi connectivity index (χ2n) is 5.55. The van der Waals surface area contributed by atoms with E-state index < -0.39 is 5.82 Å². The second kappa shape index (κ2) is 7.06. The smallest absolute Gasteiger partial charge is 0.243 e. The quantitative estimate of drug-likeness (QED) is 0.793. The first-order chi connectivity index (χ1) is 11.5. The third-order valence-electron chi connectivity index (χ3n) is 3.68. The number of benzene rings is 1. The van der Waals surface area contributed by atoms with Crippen LogP contribution < -0.4 is 16.0 Å². The Balaban J connectivity index is 1.73. The van der Waals surface area contributed by atoms with Gasteiger partial charge in [-0.15, -0.1) is 11.3 Å². The summed E-state index contributed by atoms with van der Waals surface area (Å²) in [7, 11) is 0. The molecule has 8 heteroatoms. The maximum atomic E-state index is 14.2. The lowest BCUT2D eigenvalue weighted by Gasteiger charge is -2.08. The van der Waals surface area contributed by atoms with Crippen molar-refractivity contribution in [3.05, 3.63) is 29.4 Å². The number of anilines is 2. The number of aromatic nitrogens is 1. The number of nitrogens with zero attached hydrogens (tertiary/aromatic N) is 1. The summed E-state index contributed by atoms with van der Waals surface area (Å²) in [6.07, 6.45) is 1.79. The van der Waals surface area contributed by atoms with Crippen LogP contribution in [-0.2, 0) is 9.59 Å². The Morgan fingerprint density at radius 2 is 2.21 bits per heavy atom. The van der Waals surface area contributed by atoms with Gasteiger partial charge in [0.2, 0.25) is 11.8 Å². The zero-order valence-electron chi connectivity index (χ0n) is 13.1. The van der Waals surface area contributed by atoms with Crippen LogP contribution in [0.4, 0.5) is 15.2 Å². The highest BCUT2D eigenvalue weighted by Crippen LogP contribution is 2.28. The number of hydrogen-bond acceptors (Lipinski definition) is 5. The van der Waals surface area contributed by atoms with Crippen molar-refractivity contribution in [3.63, 3.8) is 0 Å². The van der Waals surface area contributed by atoms with Gasteiger partial charge in [0.05, 0.1) is 11.7 Å². The van der Waals surface area contributed by atoms with E-state index in [1.165, 1.54) is 24.3 Å². The number of amides is 2. The van der Waals surface area contributed by atoms with Crippen LogP contribution >= 0.6 is 11.3 Å². The van der Waals surface area contributed by atoms with Crippen molar-refractivity contribution >= 4 is 34.0 Å². The number of carbonyl (C=O) groups excluding carboxylic acids is 2. The van der Waals surface area contributed by atoms with Crippen molar-refractivity contribution in [2.45, 2.75) is 25.8 Å². The van der Waals surface area contributed by atoms with Gasteiger partial charge in [0.1, 0.15) is 5.82 Å². The summed E-state index contributed by atoms with van der Waals surface area (Å²) in [5, 5.41) is 10.5. The molecule has 1 aliphatic rings. The lowest BCUT2D eigenvalue weighted by atomic mass is 10.1. The molecule has 1 saturated heterocycles. The first-order valence-corrected chi connectivity index (χ1v) is 8.48. The van der Waals surface area contributed by atoms with Gasteiger partial charge in [-0.1, -0.05) is 0 Å². The van der Waals surface area contributed by atoms with E-state index in [9.17, 15) is 14.0 Å². The maximum absolute atomic E-state index is 14.2. The van der Waals surface area contributed by atoms with Crippen LogP contribution in [0.25, 0.3) is 11.3 Å². The molecule has 3 rings (SSSR count). The van der Waals surface area contributed by atoms with Crippen LogP contribution in [0.5, 0.6) is 0 Å². The molecule has 1 fully saturated rings. The lowest BCUT2D eigenvalue weighted by molar-refractivity contribution is -0.117. The number of rotatable bonds is 4. The van der Waals surface area contributed by atoms with Crippen LogP contribution in [0.15, 0.2) is 23.6 Å². The van der Waals surface area contributed by atoms with E-state index in [2.05, 4.69) is 20.9 Å². The molecule has 1 unspecified atom stereocenters. The molecule has 3 N–H and O–H groups in total. The Bertz CT molecular complexity index is 771. The third kappa shape index (κ3) is 3.77. The molecule has 0 saturated carbocycles. The van der Waals surface area contributed by atoms with Crippen molar-refractivity contribution in [3.8, 4) is 11.3 Å². The molecule has 0 bridgehead atoms. The van der Waals surface area contributed by atoms with Crippen LogP contribution in [-0.4, -0.2) is 29.4 Å². The van der Waals surface area contributed by atoms with Crippen molar-refractivity contribution in [1.29, 1.82) is 0 Å². The summed E-state index contributed by atoms with van der Waals surface area (Å²) in [5.41, 5.74) is 1.15. The lowest BCUT2D eigenvalue weighted by Crippen LogP contribution is -2.35. The van der Waals surface area contributed by atoms with E-state index >= 15 is 0 Å². The average molecular weight is 348 g/mol. The molecule has 1 aromatic heterocycles.